The van der Waals surface area contributed by atoms with Crippen molar-refractivity contribution in [3.63, 3.8) is 0 Å². The van der Waals surface area contributed by atoms with Crippen molar-refractivity contribution < 1.29 is 9.59 Å². The van der Waals surface area contributed by atoms with Crippen LogP contribution in [0.4, 0.5) is 0 Å². The predicted molar refractivity (Wildman–Crippen MR) is 37.9 cm³/mol. The summed E-state index contributed by atoms with van der Waals surface area (Å²) in [5.74, 6) is -0.701. The van der Waals surface area contributed by atoms with E-state index in [1.54, 1.807) is 6.29 Å². The highest BCUT2D eigenvalue weighted by atomic mass is 16.1. The zero-order valence-electron chi connectivity index (χ0n) is 6.09. The van der Waals surface area contributed by atoms with Crippen LogP contribution in [0.2, 0.25) is 0 Å². The molecule has 3 nitrogen and oxygen atoms in total. The fourth-order valence-corrected chi connectivity index (χ4v) is 0.794. The van der Waals surface area contributed by atoms with E-state index in [1.165, 1.54) is 0 Å². The largest absolute Gasteiger partial charge is 0.369 e. The predicted octanol–water partition coefficient (Wildman–Crippen LogP) is 0.388. The standard InChI is InChI=1S/C7H12NO2/c1-2-3-6(4-5-9)7(8)10/h6H,2-4H2,1H3,(H2,8,10). The van der Waals surface area contributed by atoms with Crippen molar-refractivity contribution in [2.75, 3.05) is 0 Å². The Labute approximate surface area is 60.6 Å². The van der Waals surface area contributed by atoms with Crippen LogP contribution in [-0.2, 0) is 9.59 Å². The van der Waals surface area contributed by atoms with Crippen molar-refractivity contribution in [2.24, 2.45) is 11.7 Å². The van der Waals surface area contributed by atoms with Crippen molar-refractivity contribution >= 4 is 12.2 Å². The van der Waals surface area contributed by atoms with Crippen molar-refractivity contribution in [3.8, 4) is 0 Å². The van der Waals surface area contributed by atoms with Gasteiger partial charge in [-0.15, -0.1) is 0 Å². The summed E-state index contributed by atoms with van der Waals surface area (Å²) in [5.41, 5.74) is 4.99. The monoisotopic (exact) mass is 142 g/mol. The lowest BCUT2D eigenvalue weighted by atomic mass is 10.0. The Morgan fingerprint density at radius 1 is 1.70 bits per heavy atom. The lowest BCUT2D eigenvalue weighted by molar-refractivity contribution is -0.121. The number of carbonyl (C=O) groups excluding carboxylic acids is 2. The van der Waals surface area contributed by atoms with Crippen LogP contribution in [0.25, 0.3) is 0 Å². The summed E-state index contributed by atoms with van der Waals surface area (Å²) >= 11 is 0. The number of amides is 1. The van der Waals surface area contributed by atoms with Crippen molar-refractivity contribution in [1.82, 2.24) is 0 Å². The molecule has 1 radical (unpaired) electrons. The molecule has 0 aromatic carbocycles. The fourth-order valence-electron chi connectivity index (χ4n) is 0.794. The molecule has 0 saturated carbocycles. The molecule has 10 heavy (non-hydrogen) atoms. The lowest BCUT2D eigenvalue weighted by Crippen LogP contribution is -2.23. The highest BCUT2D eigenvalue weighted by molar-refractivity contribution is 5.79. The number of nitrogens with two attached hydrogens (primary N) is 1. The minimum atomic E-state index is -0.398. The molecule has 0 heterocycles. The van der Waals surface area contributed by atoms with Gasteiger partial charge in [-0.3, -0.25) is 9.59 Å². The van der Waals surface area contributed by atoms with Gasteiger partial charge in [-0.25, -0.2) is 0 Å². The maximum Gasteiger partial charge on any atom is 0.220 e. The fraction of sp³-hybridized carbons (Fsp3) is 0.714. The third-order valence-corrected chi connectivity index (χ3v) is 1.37. The van der Waals surface area contributed by atoms with Crippen LogP contribution in [-0.4, -0.2) is 12.2 Å². The van der Waals surface area contributed by atoms with Crippen LogP contribution >= 0.6 is 0 Å². The quantitative estimate of drug-likeness (QED) is 0.603. The van der Waals surface area contributed by atoms with Gasteiger partial charge in [0.2, 0.25) is 5.91 Å². The van der Waals surface area contributed by atoms with Crippen LogP contribution in [0.15, 0.2) is 0 Å². The van der Waals surface area contributed by atoms with Gasteiger partial charge in [0.1, 0.15) is 0 Å². The Hall–Kier alpha value is -0.860. The number of hydrogen-bond donors (Lipinski definition) is 1. The van der Waals surface area contributed by atoms with E-state index in [9.17, 15) is 9.59 Å². The molecule has 1 unspecified atom stereocenters. The van der Waals surface area contributed by atoms with E-state index in [1.807, 2.05) is 6.92 Å². The van der Waals surface area contributed by atoms with Crippen molar-refractivity contribution in [1.29, 1.82) is 0 Å². The first-order valence-electron chi connectivity index (χ1n) is 3.36. The van der Waals surface area contributed by atoms with E-state index in [2.05, 4.69) is 0 Å². The molecule has 1 atom stereocenters. The molecule has 0 spiro atoms. The molecule has 0 bridgehead atoms. The van der Waals surface area contributed by atoms with E-state index in [4.69, 9.17) is 5.73 Å². The highest BCUT2D eigenvalue weighted by Gasteiger charge is 2.12. The van der Waals surface area contributed by atoms with E-state index in [0.29, 0.717) is 6.42 Å². The summed E-state index contributed by atoms with van der Waals surface area (Å²) in [5, 5.41) is 0. The molecule has 3 heteroatoms. The maximum atomic E-state index is 10.5. The first-order chi connectivity index (χ1) is 4.72. The Kier molecular flexibility index (Phi) is 4.54. The summed E-state index contributed by atoms with van der Waals surface area (Å²) in [6.45, 7) is 1.95. The maximum absolute atomic E-state index is 10.5. The molecular weight excluding hydrogens is 130 g/mol. The average molecular weight is 142 g/mol. The Balaban J connectivity index is 3.71. The molecule has 0 aromatic rings. The smallest absolute Gasteiger partial charge is 0.220 e. The van der Waals surface area contributed by atoms with Gasteiger partial charge in [0, 0.05) is 12.3 Å². The Bertz CT molecular complexity index is 123. The van der Waals surface area contributed by atoms with Crippen LogP contribution in [0.5, 0.6) is 0 Å². The molecule has 0 rings (SSSR count). The Morgan fingerprint density at radius 3 is 2.60 bits per heavy atom. The Morgan fingerprint density at radius 2 is 2.30 bits per heavy atom. The summed E-state index contributed by atoms with van der Waals surface area (Å²) in [6.07, 6.45) is 3.38. The van der Waals surface area contributed by atoms with Crippen LogP contribution < -0.4 is 5.73 Å². The highest BCUT2D eigenvalue weighted by Crippen LogP contribution is 2.07. The van der Waals surface area contributed by atoms with E-state index < -0.39 is 5.91 Å². The summed E-state index contributed by atoms with van der Waals surface area (Å²) in [6, 6.07) is 0. The lowest BCUT2D eigenvalue weighted by Gasteiger charge is -2.05. The zero-order chi connectivity index (χ0) is 7.98. The SMILES string of the molecule is CCCC(C[C]=O)C(N)=O. The van der Waals surface area contributed by atoms with Crippen LogP contribution in [0.1, 0.15) is 26.2 Å². The van der Waals surface area contributed by atoms with Gasteiger partial charge in [0.05, 0.1) is 0 Å². The first-order valence-corrected chi connectivity index (χ1v) is 3.36. The second-order valence-corrected chi connectivity index (χ2v) is 2.24. The molecule has 0 saturated heterocycles. The minimum Gasteiger partial charge on any atom is -0.369 e. The molecule has 0 aliphatic carbocycles. The van der Waals surface area contributed by atoms with Gasteiger partial charge in [-0.05, 0) is 6.42 Å². The topological polar surface area (TPSA) is 60.2 Å². The summed E-state index contributed by atoms with van der Waals surface area (Å²) < 4.78 is 0. The van der Waals surface area contributed by atoms with Crippen molar-refractivity contribution in [2.45, 2.75) is 26.2 Å². The first kappa shape index (κ1) is 9.14. The van der Waals surface area contributed by atoms with Crippen LogP contribution in [0.3, 0.4) is 0 Å². The number of hydrogen-bond acceptors (Lipinski definition) is 2. The van der Waals surface area contributed by atoms with Gasteiger partial charge in [-0.2, -0.15) is 0 Å². The number of carbonyl (C=O) groups is 1. The second-order valence-electron chi connectivity index (χ2n) is 2.24. The van der Waals surface area contributed by atoms with Gasteiger partial charge >= 0.3 is 0 Å². The third-order valence-electron chi connectivity index (χ3n) is 1.37. The van der Waals surface area contributed by atoms with E-state index >= 15 is 0 Å². The summed E-state index contributed by atoms with van der Waals surface area (Å²) in [4.78, 5) is 20.4. The van der Waals surface area contributed by atoms with Gasteiger partial charge < -0.3 is 5.73 Å². The summed E-state index contributed by atoms with van der Waals surface area (Å²) in [7, 11) is 0. The molecule has 0 aliphatic rings. The number of primary amides is 1. The van der Waals surface area contributed by atoms with Gasteiger partial charge in [-0.1, -0.05) is 13.3 Å². The third kappa shape index (κ3) is 3.22. The number of rotatable bonds is 5. The molecule has 57 valence electrons. The molecule has 2 N–H and O–H groups in total. The molecule has 0 fully saturated rings. The average Bonchev–Trinajstić information content (AvgIpc) is 1.87. The molecule has 0 aliphatic heterocycles. The van der Waals surface area contributed by atoms with Crippen molar-refractivity contribution in [3.05, 3.63) is 0 Å². The molecule has 0 aromatic heterocycles. The van der Waals surface area contributed by atoms with E-state index in [0.717, 1.165) is 6.42 Å². The zero-order valence-corrected chi connectivity index (χ0v) is 6.09. The van der Waals surface area contributed by atoms with Gasteiger partial charge in [0.25, 0.3) is 0 Å². The second kappa shape index (κ2) is 4.97. The normalized spacial score (nSPS) is 12.5. The van der Waals surface area contributed by atoms with Gasteiger partial charge in [0.15, 0.2) is 6.29 Å². The van der Waals surface area contributed by atoms with E-state index in [-0.39, 0.29) is 12.3 Å². The molecular formula is C7H12NO2. The molecule has 1 amide bonds. The van der Waals surface area contributed by atoms with Crippen LogP contribution in [0, 0.1) is 5.92 Å². The minimum absolute atomic E-state index is 0.142.